The second-order valence-electron chi connectivity index (χ2n) is 6.41. The van der Waals surface area contributed by atoms with Gasteiger partial charge < -0.3 is 30.1 Å². The van der Waals surface area contributed by atoms with Crippen LogP contribution in [0, 0.1) is 0 Å². The number of amides is 3. The molecule has 4 N–H and O–H groups in total. The fraction of sp³-hybridized carbons (Fsp3) is 0.800. The highest BCUT2D eigenvalue weighted by molar-refractivity contribution is 6.04. The van der Waals surface area contributed by atoms with Crippen molar-refractivity contribution in [2.75, 3.05) is 33.4 Å². The van der Waals surface area contributed by atoms with Gasteiger partial charge in [-0.1, -0.05) is 0 Å². The number of carbonyl (C=O) groups excluding carboxylic acids is 2. The molecule has 2 heterocycles. The Morgan fingerprint density at radius 2 is 2.08 bits per heavy atom. The van der Waals surface area contributed by atoms with Crippen LogP contribution in [0.2, 0.25) is 0 Å². The maximum absolute atomic E-state index is 12.3. The monoisotopic (exact) mass is 357 g/mol. The van der Waals surface area contributed by atoms with Crippen LogP contribution in [0.5, 0.6) is 0 Å². The van der Waals surface area contributed by atoms with Crippen LogP contribution >= 0.6 is 0 Å². The van der Waals surface area contributed by atoms with Crippen molar-refractivity contribution in [1.82, 2.24) is 20.4 Å². The quantitative estimate of drug-likeness (QED) is 0.381. The zero-order valence-corrected chi connectivity index (χ0v) is 14.8. The Labute approximate surface area is 146 Å². The molecule has 3 atom stereocenters. The Morgan fingerprint density at radius 1 is 1.36 bits per heavy atom. The maximum atomic E-state index is 12.3. The molecule has 2 fully saturated rings. The molecule has 0 aromatic heterocycles. The maximum Gasteiger partial charge on any atom is 0.325 e. The predicted molar refractivity (Wildman–Crippen MR) is 89.8 cm³/mol. The number of guanidine groups is 1. The zero-order chi connectivity index (χ0) is 18.6. The molecular formula is C15H27N5O5. The molecule has 2 saturated heterocycles. The van der Waals surface area contributed by atoms with E-state index in [1.807, 2.05) is 13.8 Å². The minimum atomic E-state index is -0.818. The number of hydrogen-bond donors (Lipinski definition) is 4. The molecule has 0 spiro atoms. The normalized spacial score (nSPS) is 26.1. The Hall–Kier alpha value is -1.91. The Bertz CT molecular complexity index is 526. The van der Waals surface area contributed by atoms with Crippen LogP contribution in [0.1, 0.15) is 20.3 Å². The van der Waals surface area contributed by atoms with Crippen LogP contribution in [0.4, 0.5) is 4.79 Å². The number of imide groups is 1. The van der Waals surface area contributed by atoms with E-state index in [4.69, 9.17) is 9.84 Å². The number of aliphatic hydroxyl groups excluding tert-OH is 2. The number of aliphatic imine (C=N–C) groups is 1. The Morgan fingerprint density at radius 3 is 2.72 bits per heavy atom. The number of rotatable bonds is 8. The Balaban J connectivity index is 2.16. The molecule has 2 aliphatic rings. The summed E-state index contributed by atoms with van der Waals surface area (Å²) < 4.78 is 5.41. The van der Waals surface area contributed by atoms with Gasteiger partial charge in [-0.3, -0.25) is 15.1 Å². The van der Waals surface area contributed by atoms with Gasteiger partial charge >= 0.3 is 6.03 Å². The van der Waals surface area contributed by atoms with Crippen molar-refractivity contribution in [3.8, 4) is 0 Å². The zero-order valence-electron chi connectivity index (χ0n) is 14.8. The minimum absolute atomic E-state index is 0.00731. The lowest BCUT2D eigenvalue weighted by atomic mass is 10.1. The van der Waals surface area contributed by atoms with Gasteiger partial charge in [-0.15, -0.1) is 0 Å². The van der Waals surface area contributed by atoms with Crippen molar-refractivity contribution >= 4 is 17.9 Å². The summed E-state index contributed by atoms with van der Waals surface area (Å²) in [5, 5.41) is 24.5. The highest BCUT2D eigenvalue weighted by Crippen LogP contribution is 2.21. The van der Waals surface area contributed by atoms with Gasteiger partial charge in [0.1, 0.15) is 6.17 Å². The average Bonchev–Trinajstić information content (AvgIpc) is 2.90. The van der Waals surface area contributed by atoms with Gasteiger partial charge in [-0.05, 0) is 20.3 Å². The van der Waals surface area contributed by atoms with Crippen molar-refractivity contribution in [3.63, 3.8) is 0 Å². The van der Waals surface area contributed by atoms with Gasteiger partial charge in [-0.25, -0.2) is 4.79 Å². The first kappa shape index (κ1) is 19.4. The molecule has 2 aliphatic heterocycles. The molecule has 0 bridgehead atoms. The van der Waals surface area contributed by atoms with E-state index >= 15 is 0 Å². The first-order chi connectivity index (χ1) is 11.8. The second-order valence-corrected chi connectivity index (χ2v) is 6.41. The molecule has 3 unspecified atom stereocenters. The Kier molecular flexibility index (Phi) is 6.57. The van der Waals surface area contributed by atoms with Crippen LogP contribution < -0.4 is 10.6 Å². The SMILES string of the molecule is CC(C)OCC(O)CN1C(=NCCCO)NC2C1C(=O)NC(=O)N2C. The summed E-state index contributed by atoms with van der Waals surface area (Å²) in [7, 11) is 1.58. The first-order valence-corrected chi connectivity index (χ1v) is 8.41. The topological polar surface area (TPSA) is 127 Å². The van der Waals surface area contributed by atoms with E-state index < -0.39 is 30.2 Å². The van der Waals surface area contributed by atoms with Crippen molar-refractivity contribution in [2.24, 2.45) is 4.99 Å². The minimum Gasteiger partial charge on any atom is -0.396 e. The number of urea groups is 1. The fourth-order valence-corrected chi connectivity index (χ4v) is 2.76. The molecular weight excluding hydrogens is 330 g/mol. The van der Waals surface area contributed by atoms with E-state index in [-0.39, 0.29) is 25.9 Å². The van der Waals surface area contributed by atoms with E-state index in [1.54, 1.807) is 11.9 Å². The lowest BCUT2D eigenvalue weighted by Gasteiger charge is -2.35. The standard InChI is InChI=1S/C15H27N5O5/c1-9(2)25-8-10(22)7-20-11-12(17-14(20)16-5-4-6-21)19(3)15(24)18-13(11)23/h9-12,21-22H,4-8H2,1-3H3,(H,16,17)(H,18,23,24). The third-order valence-electron chi connectivity index (χ3n) is 4.03. The molecule has 2 rings (SSSR count). The van der Waals surface area contributed by atoms with E-state index in [9.17, 15) is 14.7 Å². The van der Waals surface area contributed by atoms with Gasteiger partial charge in [-0.2, -0.15) is 0 Å². The summed E-state index contributed by atoms with van der Waals surface area (Å²) in [6, 6.07) is -1.18. The number of hydrogen-bond acceptors (Lipinski definition) is 6. The number of likely N-dealkylation sites (N-methyl/N-ethyl adjacent to an activating group) is 1. The number of aliphatic hydroxyl groups is 2. The third kappa shape index (κ3) is 4.59. The molecule has 3 amide bonds. The molecule has 0 aromatic carbocycles. The van der Waals surface area contributed by atoms with Crippen LogP contribution in [-0.4, -0.2) is 95.7 Å². The van der Waals surface area contributed by atoms with Crippen molar-refractivity contribution in [2.45, 2.75) is 44.7 Å². The summed E-state index contributed by atoms with van der Waals surface area (Å²) in [5.74, 6) is -0.0197. The predicted octanol–water partition coefficient (Wildman–Crippen LogP) is -1.71. The molecule has 10 nitrogen and oxygen atoms in total. The van der Waals surface area contributed by atoms with Crippen LogP contribution in [0.3, 0.4) is 0 Å². The number of nitrogens with zero attached hydrogens (tertiary/aromatic N) is 3. The molecule has 0 saturated carbocycles. The number of β-amino-alcohol motifs (C(OH)–C–C–N with tert-alkyl or cyclic N) is 1. The lowest BCUT2D eigenvalue weighted by molar-refractivity contribution is -0.127. The molecule has 0 aliphatic carbocycles. The average molecular weight is 357 g/mol. The smallest absolute Gasteiger partial charge is 0.325 e. The number of nitrogens with one attached hydrogen (secondary N) is 2. The fourth-order valence-electron chi connectivity index (χ4n) is 2.76. The largest absolute Gasteiger partial charge is 0.396 e. The second kappa shape index (κ2) is 8.45. The van der Waals surface area contributed by atoms with Gasteiger partial charge in [0, 0.05) is 26.7 Å². The van der Waals surface area contributed by atoms with Gasteiger partial charge in [0.15, 0.2) is 12.0 Å². The summed E-state index contributed by atoms with van der Waals surface area (Å²) >= 11 is 0. The van der Waals surface area contributed by atoms with Crippen molar-refractivity contribution < 1.29 is 24.5 Å². The number of ether oxygens (including phenoxy) is 1. The van der Waals surface area contributed by atoms with E-state index in [1.165, 1.54) is 4.90 Å². The van der Waals surface area contributed by atoms with Gasteiger partial charge in [0.2, 0.25) is 0 Å². The van der Waals surface area contributed by atoms with Crippen LogP contribution in [0.15, 0.2) is 4.99 Å². The highest BCUT2D eigenvalue weighted by Gasteiger charge is 2.50. The highest BCUT2D eigenvalue weighted by atomic mass is 16.5. The summed E-state index contributed by atoms with van der Waals surface area (Å²) in [6.07, 6.45) is -0.915. The third-order valence-corrected chi connectivity index (χ3v) is 4.03. The van der Waals surface area contributed by atoms with Gasteiger partial charge in [0.05, 0.1) is 18.8 Å². The summed E-state index contributed by atoms with van der Waals surface area (Å²) in [4.78, 5) is 31.5. The van der Waals surface area contributed by atoms with E-state index in [0.717, 1.165) is 0 Å². The summed E-state index contributed by atoms with van der Waals surface area (Å²) in [5.41, 5.74) is 0. The first-order valence-electron chi connectivity index (χ1n) is 8.41. The molecule has 10 heteroatoms. The molecule has 0 radical (unpaired) electrons. The van der Waals surface area contributed by atoms with Crippen LogP contribution in [0.25, 0.3) is 0 Å². The van der Waals surface area contributed by atoms with Crippen LogP contribution in [-0.2, 0) is 9.53 Å². The number of carbonyl (C=O) groups is 2. The molecule has 0 aromatic rings. The van der Waals surface area contributed by atoms with Crippen molar-refractivity contribution in [3.05, 3.63) is 0 Å². The van der Waals surface area contributed by atoms with Crippen molar-refractivity contribution in [1.29, 1.82) is 0 Å². The van der Waals surface area contributed by atoms with Gasteiger partial charge in [0.25, 0.3) is 5.91 Å². The summed E-state index contributed by atoms with van der Waals surface area (Å²) in [6.45, 7) is 4.38. The number of fused-ring (bicyclic) bond motifs is 1. The lowest BCUT2D eigenvalue weighted by Crippen LogP contribution is -2.65. The van der Waals surface area contributed by atoms with E-state index in [2.05, 4.69) is 15.6 Å². The molecule has 25 heavy (non-hydrogen) atoms. The van der Waals surface area contributed by atoms with E-state index in [0.29, 0.717) is 18.9 Å². The molecule has 142 valence electrons.